The quantitative estimate of drug-likeness (QED) is 0.588. The molecule has 140 valence electrons. The number of para-hydroxylation sites is 1. The first kappa shape index (κ1) is 18.9. The minimum Gasteiger partial charge on any atom is -0.494 e. The Kier molecular flexibility index (Phi) is 6.08. The van der Waals surface area contributed by atoms with Gasteiger partial charge in [0.1, 0.15) is 12.4 Å². The molecule has 0 fully saturated rings. The number of esters is 1. The molecular formula is C21H22N2O3S. The summed E-state index contributed by atoms with van der Waals surface area (Å²) in [6, 6.07) is 16.8. The third-order valence-electron chi connectivity index (χ3n) is 4.23. The van der Waals surface area contributed by atoms with Crippen LogP contribution in [0.4, 0.5) is 0 Å². The molecule has 0 aromatic heterocycles. The predicted molar refractivity (Wildman–Crippen MR) is 108 cm³/mol. The highest BCUT2D eigenvalue weighted by molar-refractivity contribution is 7.80. The van der Waals surface area contributed by atoms with E-state index in [1.54, 1.807) is 0 Å². The molecule has 2 N–H and O–H groups in total. The summed E-state index contributed by atoms with van der Waals surface area (Å²) >= 11 is 5.30. The Morgan fingerprint density at radius 1 is 1.11 bits per heavy atom. The molecule has 0 spiro atoms. The summed E-state index contributed by atoms with van der Waals surface area (Å²) in [6.07, 6.45) is 0. The van der Waals surface area contributed by atoms with Gasteiger partial charge in [0.25, 0.3) is 0 Å². The van der Waals surface area contributed by atoms with E-state index in [1.807, 2.05) is 68.4 Å². The minimum atomic E-state index is -0.440. The standard InChI is InChI=1S/C21H22N2O3S/c1-3-25-17-12-8-7-11-16(17)19-18(14(2)22-21(27)23-19)20(24)26-13-15-9-5-4-6-10-15/h4-12,19H,3,13H2,1-2H3,(H2,22,23,27)/t19-/m1/s1. The molecule has 0 radical (unpaired) electrons. The highest BCUT2D eigenvalue weighted by Crippen LogP contribution is 2.33. The predicted octanol–water partition coefficient (Wildman–Crippen LogP) is 3.62. The fourth-order valence-corrected chi connectivity index (χ4v) is 3.28. The van der Waals surface area contributed by atoms with Crippen LogP contribution in [0.2, 0.25) is 0 Å². The summed E-state index contributed by atoms with van der Waals surface area (Å²) in [6.45, 7) is 4.49. The van der Waals surface area contributed by atoms with Gasteiger partial charge in [-0.3, -0.25) is 0 Å². The number of carbonyl (C=O) groups excluding carboxylic acids is 1. The van der Waals surface area contributed by atoms with E-state index in [0.29, 0.717) is 28.7 Å². The Hall–Kier alpha value is -2.86. The maximum atomic E-state index is 12.9. The van der Waals surface area contributed by atoms with Crippen molar-refractivity contribution in [2.75, 3.05) is 6.61 Å². The first-order chi connectivity index (χ1) is 13.1. The molecule has 5 nitrogen and oxygen atoms in total. The summed E-state index contributed by atoms with van der Waals surface area (Å²) in [5, 5.41) is 6.65. The normalized spacial score (nSPS) is 16.4. The number of carbonyl (C=O) groups is 1. The van der Waals surface area contributed by atoms with E-state index in [2.05, 4.69) is 10.6 Å². The molecule has 3 rings (SSSR count). The Balaban J connectivity index is 1.89. The Labute approximate surface area is 164 Å². The SMILES string of the molecule is CCOc1ccccc1[C@H]1NC(=S)NC(C)=C1C(=O)OCc1ccccc1. The number of allylic oxidation sites excluding steroid dienone is 1. The molecule has 6 heteroatoms. The first-order valence-corrected chi connectivity index (χ1v) is 9.22. The van der Waals surface area contributed by atoms with Crippen LogP contribution in [0.15, 0.2) is 65.9 Å². The number of hydrogen-bond acceptors (Lipinski definition) is 4. The smallest absolute Gasteiger partial charge is 0.338 e. The topological polar surface area (TPSA) is 59.6 Å². The van der Waals surface area contributed by atoms with E-state index in [-0.39, 0.29) is 6.61 Å². The van der Waals surface area contributed by atoms with Crippen molar-refractivity contribution in [3.05, 3.63) is 77.0 Å². The maximum Gasteiger partial charge on any atom is 0.338 e. The molecule has 0 unspecified atom stereocenters. The zero-order chi connectivity index (χ0) is 19.2. The fraction of sp³-hybridized carbons (Fsp3) is 0.238. The monoisotopic (exact) mass is 382 g/mol. The largest absolute Gasteiger partial charge is 0.494 e. The lowest BCUT2D eigenvalue weighted by Gasteiger charge is -2.30. The second-order valence-corrected chi connectivity index (χ2v) is 6.51. The summed E-state index contributed by atoms with van der Waals surface area (Å²) < 4.78 is 11.3. The first-order valence-electron chi connectivity index (χ1n) is 8.81. The zero-order valence-corrected chi connectivity index (χ0v) is 16.1. The van der Waals surface area contributed by atoms with Crippen molar-refractivity contribution in [2.45, 2.75) is 26.5 Å². The van der Waals surface area contributed by atoms with Gasteiger partial charge in [0, 0.05) is 11.3 Å². The molecule has 1 aliphatic rings. The highest BCUT2D eigenvalue weighted by atomic mass is 32.1. The molecule has 1 heterocycles. The van der Waals surface area contributed by atoms with Crippen molar-refractivity contribution in [1.82, 2.24) is 10.6 Å². The van der Waals surface area contributed by atoms with Gasteiger partial charge < -0.3 is 20.1 Å². The number of ether oxygens (including phenoxy) is 2. The van der Waals surface area contributed by atoms with Gasteiger partial charge in [-0.15, -0.1) is 0 Å². The lowest BCUT2D eigenvalue weighted by atomic mass is 9.95. The molecule has 2 aromatic carbocycles. The number of rotatable bonds is 6. The molecule has 2 aromatic rings. The van der Waals surface area contributed by atoms with Crippen molar-refractivity contribution in [3.8, 4) is 5.75 Å². The van der Waals surface area contributed by atoms with Crippen molar-refractivity contribution in [3.63, 3.8) is 0 Å². The summed E-state index contributed by atoms with van der Waals surface area (Å²) in [5.41, 5.74) is 2.94. The summed E-state index contributed by atoms with van der Waals surface area (Å²) in [4.78, 5) is 12.9. The number of thiocarbonyl (C=S) groups is 1. The fourth-order valence-electron chi connectivity index (χ4n) is 3.00. The number of nitrogens with one attached hydrogen (secondary N) is 2. The Morgan fingerprint density at radius 3 is 2.56 bits per heavy atom. The van der Waals surface area contributed by atoms with Gasteiger partial charge in [-0.05, 0) is 37.7 Å². The average Bonchev–Trinajstić information content (AvgIpc) is 2.67. The second-order valence-electron chi connectivity index (χ2n) is 6.10. The molecule has 0 aliphatic carbocycles. The third-order valence-corrected chi connectivity index (χ3v) is 4.45. The van der Waals surface area contributed by atoms with Gasteiger partial charge in [0.15, 0.2) is 5.11 Å². The molecule has 0 bridgehead atoms. The van der Waals surface area contributed by atoms with E-state index in [4.69, 9.17) is 21.7 Å². The van der Waals surface area contributed by atoms with Gasteiger partial charge in [-0.1, -0.05) is 48.5 Å². The van der Waals surface area contributed by atoms with Crippen LogP contribution in [0.3, 0.4) is 0 Å². The Morgan fingerprint density at radius 2 is 1.81 bits per heavy atom. The molecule has 0 saturated carbocycles. The van der Waals surface area contributed by atoms with Crippen LogP contribution < -0.4 is 15.4 Å². The second kappa shape index (κ2) is 8.68. The minimum absolute atomic E-state index is 0.209. The van der Waals surface area contributed by atoms with Crippen LogP contribution in [0.5, 0.6) is 5.75 Å². The Bertz CT molecular complexity index is 865. The molecule has 1 aliphatic heterocycles. The van der Waals surface area contributed by atoms with Crippen LogP contribution in [0.25, 0.3) is 0 Å². The third kappa shape index (κ3) is 4.46. The van der Waals surface area contributed by atoms with Crippen LogP contribution in [0, 0.1) is 0 Å². The lowest BCUT2D eigenvalue weighted by molar-refractivity contribution is -0.140. The van der Waals surface area contributed by atoms with Gasteiger partial charge in [0.05, 0.1) is 18.2 Å². The van der Waals surface area contributed by atoms with Crippen molar-refractivity contribution < 1.29 is 14.3 Å². The van der Waals surface area contributed by atoms with E-state index in [1.165, 1.54) is 0 Å². The molecular weight excluding hydrogens is 360 g/mol. The molecule has 0 amide bonds. The van der Waals surface area contributed by atoms with Gasteiger partial charge in [0.2, 0.25) is 0 Å². The van der Waals surface area contributed by atoms with E-state index < -0.39 is 12.0 Å². The number of hydrogen-bond donors (Lipinski definition) is 2. The maximum absolute atomic E-state index is 12.9. The molecule has 1 atom stereocenters. The lowest BCUT2D eigenvalue weighted by Crippen LogP contribution is -2.45. The zero-order valence-electron chi connectivity index (χ0n) is 15.3. The van der Waals surface area contributed by atoms with Crippen LogP contribution in [0.1, 0.15) is 31.0 Å². The van der Waals surface area contributed by atoms with Crippen molar-refractivity contribution in [2.24, 2.45) is 0 Å². The van der Waals surface area contributed by atoms with E-state index in [9.17, 15) is 4.79 Å². The highest BCUT2D eigenvalue weighted by Gasteiger charge is 2.32. The molecule has 0 saturated heterocycles. The van der Waals surface area contributed by atoms with Gasteiger partial charge in [-0.25, -0.2) is 4.79 Å². The summed E-state index contributed by atoms with van der Waals surface area (Å²) in [7, 11) is 0. The number of benzene rings is 2. The van der Waals surface area contributed by atoms with Crippen molar-refractivity contribution in [1.29, 1.82) is 0 Å². The average molecular weight is 382 g/mol. The van der Waals surface area contributed by atoms with Crippen LogP contribution in [-0.2, 0) is 16.1 Å². The molecule has 27 heavy (non-hydrogen) atoms. The van der Waals surface area contributed by atoms with Crippen LogP contribution >= 0.6 is 12.2 Å². The van der Waals surface area contributed by atoms with Crippen molar-refractivity contribution >= 4 is 23.3 Å². The van der Waals surface area contributed by atoms with E-state index >= 15 is 0 Å². The van der Waals surface area contributed by atoms with E-state index in [0.717, 1.165) is 11.1 Å². The van der Waals surface area contributed by atoms with Gasteiger partial charge in [-0.2, -0.15) is 0 Å². The summed E-state index contributed by atoms with van der Waals surface area (Å²) in [5.74, 6) is 0.318. The van der Waals surface area contributed by atoms with Gasteiger partial charge >= 0.3 is 5.97 Å². The van der Waals surface area contributed by atoms with Crippen LogP contribution in [-0.4, -0.2) is 17.7 Å².